The summed E-state index contributed by atoms with van der Waals surface area (Å²) in [7, 11) is 0. The molecule has 3 rings (SSSR count). The van der Waals surface area contributed by atoms with Gasteiger partial charge in [0.1, 0.15) is 11.9 Å². The van der Waals surface area contributed by atoms with Crippen molar-refractivity contribution in [2.75, 3.05) is 0 Å². The minimum Gasteiger partial charge on any atom is -0.271 e. The summed E-state index contributed by atoms with van der Waals surface area (Å²) >= 11 is 12.1. The molecule has 0 bridgehead atoms. The maximum atomic E-state index is 12.8. The molecule has 8 heteroatoms. The zero-order valence-corrected chi connectivity index (χ0v) is 14.5. The fraction of sp³-hybridized carbons (Fsp3) is 0.176. The Kier molecular flexibility index (Phi) is 5.65. The molecule has 0 radical (unpaired) electrons. The summed E-state index contributed by atoms with van der Waals surface area (Å²) in [6.07, 6.45) is 1.96. The Balaban J connectivity index is 1.56. The van der Waals surface area contributed by atoms with Crippen LogP contribution in [0.3, 0.4) is 0 Å². The van der Waals surface area contributed by atoms with Gasteiger partial charge in [-0.3, -0.25) is 4.79 Å². The fourth-order valence-electron chi connectivity index (χ4n) is 2.51. The highest BCUT2D eigenvalue weighted by Crippen LogP contribution is 2.30. The molecule has 2 aromatic rings. The number of hydrogen-bond donors (Lipinski definition) is 3. The van der Waals surface area contributed by atoms with Gasteiger partial charge in [0.15, 0.2) is 0 Å². The van der Waals surface area contributed by atoms with Crippen LogP contribution in [0.2, 0.25) is 10.0 Å². The Morgan fingerprint density at radius 1 is 1.20 bits per heavy atom. The third-order valence-corrected chi connectivity index (χ3v) is 4.38. The van der Waals surface area contributed by atoms with Crippen LogP contribution in [0.5, 0.6) is 0 Å². The number of carbonyl (C=O) groups excluding carboxylic acids is 1. The first-order valence-electron chi connectivity index (χ1n) is 7.57. The van der Waals surface area contributed by atoms with Crippen LogP contribution < -0.4 is 16.3 Å². The van der Waals surface area contributed by atoms with Gasteiger partial charge in [-0.2, -0.15) is 5.10 Å². The average Bonchev–Trinajstić information content (AvgIpc) is 3.06. The van der Waals surface area contributed by atoms with E-state index >= 15 is 0 Å². The second-order valence-electron chi connectivity index (χ2n) is 5.58. The fourth-order valence-corrected chi connectivity index (χ4v) is 3.05. The Labute approximate surface area is 154 Å². The molecule has 0 aliphatic carbocycles. The number of nitrogens with zero attached hydrogens (tertiary/aromatic N) is 1. The lowest BCUT2D eigenvalue weighted by atomic mass is 10.0. The number of hydrazone groups is 1. The molecule has 1 fully saturated rings. The summed E-state index contributed by atoms with van der Waals surface area (Å²) in [5, 5.41) is 4.99. The van der Waals surface area contributed by atoms with Crippen LogP contribution in [0, 0.1) is 5.82 Å². The van der Waals surface area contributed by atoms with Crippen LogP contribution in [0.15, 0.2) is 47.6 Å². The van der Waals surface area contributed by atoms with Gasteiger partial charge in [-0.25, -0.2) is 20.7 Å². The van der Waals surface area contributed by atoms with Gasteiger partial charge in [0, 0.05) is 16.1 Å². The Morgan fingerprint density at radius 2 is 1.96 bits per heavy atom. The first-order chi connectivity index (χ1) is 12.0. The van der Waals surface area contributed by atoms with E-state index in [0.717, 1.165) is 5.56 Å². The molecular formula is C17H15Cl2FN4O. The van der Waals surface area contributed by atoms with Crippen LogP contribution in [0.1, 0.15) is 23.6 Å². The zero-order chi connectivity index (χ0) is 17.8. The molecule has 0 spiro atoms. The highest BCUT2D eigenvalue weighted by molar-refractivity contribution is 6.35. The number of carbonyl (C=O) groups is 1. The van der Waals surface area contributed by atoms with E-state index < -0.39 is 6.04 Å². The van der Waals surface area contributed by atoms with E-state index in [9.17, 15) is 9.18 Å². The van der Waals surface area contributed by atoms with Crippen molar-refractivity contribution in [3.05, 3.63) is 69.5 Å². The van der Waals surface area contributed by atoms with Crippen molar-refractivity contribution in [2.24, 2.45) is 5.10 Å². The second-order valence-corrected chi connectivity index (χ2v) is 6.42. The van der Waals surface area contributed by atoms with E-state index in [0.29, 0.717) is 22.0 Å². The number of halogens is 3. The summed E-state index contributed by atoms with van der Waals surface area (Å²) in [4.78, 5) is 12.2. The van der Waals surface area contributed by atoms with Crippen LogP contribution in [-0.4, -0.2) is 18.2 Å². The van der Waals surface area contributed by atoms with Crippen molar-refractivity contribution < 1.29 is 9.18 Å². The van der Waals surface area contributed by atoms with Crippen LogP contribution in [0.25, 0.3) is 0 Å². The van der Waals surface area contributed by atoms with E-state index in [1.807, 2.05) is 6.07 Å². The summed E-state index contributed by atoms with van der Waals surface area (Å²) in [6.45, 7) is 0. The normalized spacial score (nSPS) is 20.1. The number of nitrogens with one attached hydrogen (secondary N) is 3. The molecule has 1 saturated heterocycles. The van der Waals surface area contributed by atoms with Gasteiger partial charge in [-0.1, -0.05) is 41.4 Å². The molecule has 2 aromatic carbocycles. The van der Waals surface area contributed by atoms with E-state index in [2.05, 4.69) is 21.4 Å². The number of benzene rings is 2. The summed E-state index contributed by atoms with van der Waals surface area (Å²) in [5.74, 6) is -0.604. The minimum absolute atomic E-state index is 0.110. The Hall–Kier alpha value is -1.99. The van der Waals surface area contributed by atoms with Gasteiger partial charge >= 0.3 is 0 Å². The van der Waals surface area contributed by atoms with Gasteiger partial charge in [-0.15, -0.1) is 0 Å². The maximum absolute atomic E-state index is 12.8. The topological polar surface area (TPSA) is 65.5 Å². The lowest BCUT2D eigenvalue weighted by Crippen LogP contribution is -2.41. The standard InChI is InChI=1S/C17H15Cl2FN4O/c18-11-3-6-13(14(19)7-11)15-8-16(23-22-15)17(25)24-21-9-10-1-4-12(20)5-2-10/h1-7,9,15-16,22-23H,8H2,(H,24,25)/b21-9+. The third-order valence-electron chi connectivity index (χ3n) is 3.82. The molecule has 1 amide bonds. The zero-order valence-electron chi connectivity index (χ0n) is 13.0. The molecule has 1 heterocycles. The van der Waals surface area contributed by atoms with Crippen molar-refractivity contribution in [1.82, 2.24) is 16.3 Å². The molecule has 2 atom stereocenters. The van der Waals surface area contributed by atoms with Gasteiger partial charge in [0.05, 0.1) is 6.21 Å². The van der Waals surface area contributed by atoms with Gasteiger partial charge < -0.3 is 0 Å². The summed E-state index contributed by atoms with van der Waals surface area (Å²) in [5.41, 5.74) is 9.99. The van der Waals surface area contributed by atoms with E-state index in [1.54, 1.807) is 24.3 Å². The van der Waals surface area contributed by atoms with Crippen molar-refractivity contribution in [3.63, 3.8) is 0 Å². The van der Waals surface area contributed by atoms with Crippen molar-refractivity contribution in [2.45, 2.75) is 18.5 Å². The minimum atomic E-state index is -0.456. The molecule has 0 saturated carbocycles. The largest absolute Gasteiger partial charge is 0.271 e. The Bertz CT molecular complexity index is 798. The quantitative estimate of drug-likeness (QED) is 0.563. The summed E-state index contributed by atoms with van der Waals surface area (Å²) < 4.78 is 12.8. The molecule has 1 aliphatic heterocycles. The van der Waals surface area contributed by atoms with Crippen molar-refractivity contribution in [1.29, 1.82) is 0 Å². The molecule has 3 N–H and O–H groups in total. The van der Waals surface area contributed by atoms with Crippen LogP contribution in [-0.2, 0) is 4.79 Å². The molecular weight excluding hydrogens is 366 g/mol. The highest BCUT2D eigenvalue weighted by Gasteiger charge is 2.31. The predicted octanol–water partition coefficient (Wildman–Crippen LogP) is 3.19. The van der Waals surface area contributed by atoms with Crippen molar-refractivity contribution in [3.8, 4) is 0 Å². The van der Waals surface area contributed by atoms with E-state index in [1.165, 1.54) is 18.3 Å². The van der Waals surface area contributed by atoms with Crippen molar-refractivity contribution >= 4 is 35.3 Å². The van der Waals surface area contributed by atoms with Gasteiger partial charge in [0.2, 0.25) is 0 Å². The number of amides is 1. The number of rotatable bonds is 4. The number of hydrazine groups is 1. The van der Waals surface area contributed by atoms with Crippen LogP contribution in [0.4, 0.5) is 4.39 Å². The molecule has 5 nitrogen and oxygen atoms in total. The molecule has 130 valence electrons. The lowest BCUT2D eigenvalue weighted by molar-refractivity contribution is -0.122. The Morgan fingerprint density at radius 3 is 2.68 bits per heavy atom. The predicted molar refractivity (Wildman–Crippen MR) is 96.0 cm³/mol. The third kappa shape index (κ3) is 4.55. The average molecular weight is 381 g/mol. The smallest absolute Gasteiger partial charge is 0.258 e. The maximum Gasteiger partial charge on any atom is 0.258 e. The molecule has 1 aliphatic rings. The monoisotopic (exact) mass is 380 g/mol. The molecule has 2 unspecified atom stereocenters. The molecule has 25 heavy (non-hydrogen) atoms. The second kappa shape index (κ2) is 7.93. The lowest BCUT2D eigenvalue weighted by Gasteiger charge is -2.11. The van der Waals surface area contributed by atoms with E-state index in [4.69, 9.17) is 23.2 Å². The number of hydrogen-bond acceptors (Lipinski definition) is 4. The summed E-state index contributed by atoms with van der Waals surface area (Å²) in [6, 6.07) is 10.5. The highest BCUT2D eigenvalue weighted by atomic mass is 35.5. The van der Waals surface area contributed by atoms with Gasteiger partial charge in [0.25, 0.3) is 5.91 Å². The SMILES string of the molecule is O=C(N/N=C/c1ccc(F)cc1)C1CC(c2ccc(Cl)cc2Cl)NN1. The van der Waals surface area contributed by atoms with Gasteiger partial charge in [-0.05, 0) is 41.8 Å². The molecule has 0 aromatic heterocycles. The first kappa shape index (κ1) is 17.8. The van der Waals surface area contributed by atoms with Crippen LogP contribution >= 0.6 is 23.2 Å². The van der Waals surface area contributed by atoms with E-state index in [-0.39, 0.29) is 17.8 Å². The first-order valence-corrected chi connectivity index (χ1v) is 8.33.